The van der Waals surface area contributed by atoms with Crippen LogP contribution < -0.4 is 5.32 Å². The number of nitrogens with zero attached hydrogens (tertiary/aromatic N) is 3. The Hall–Kier alpha value is -1.69. The Bertz CT molecular complexity index is 417. The molecule has 1 aromatic heterocycles. The van der Waals surface area contributed by atoms with Gasteiger partial charge in [0.15, 0.2) is 5.69 Å². The van der Waals surface area contributed by atoms with Gasteiger partial charge < -0.3 is 15.0 Å². The maximum absolute atomic E-state index is 12.3. The van der Waals surface area contributed by atoms with Gasteiger partial charge >= 0.3 is 0 Å². The van der Waals surface area contributed by atoms with Crippen LogP contribution in [0.25, 0.3) is 0 Å². The van der Waals surface area contributed by atoms with Crippen LogP contribution in [0.5, 0.6) is 0 Å². The van der Waals surface area contributed by atoms with E-state index in [1.165, 1.54) is 0 Å². The summed E-state index contributed by atoms with van der Waals surface area (Å²) >= 11 is 0. The Morgan fingerprint density at radius 3 is 2.79 bits per heavy atom. The zero-order chi connectivity index (χ0) is 13.7. The molecule has 0 aliphatic heterocycles. The molecule has 1 aliphatic rings. The molecule has 0 spiro atoms. The standard InChI is InChI=1S/C13H20N4O2/c1-3-14-12-7-6-11(15-16-12)13(18)17(8-9-19-2)10-4-5-10/h6-7,10H,3-5,8-9H2,1-2H3,(H,14,16). The first-order chi connectivity index (χ1) is 9.26. The fourth-order valence-electron chi connectivity index (χ4n) is 1.89. The van der Waals surface area contributed by atoms with Crippen molar-refractivity contribution in [1.82, 2.24) is 15.1 Å². The van der Waals surface area contributed by atoms with Crippen molar-refractivity contribution in [2.75, 3.05) is 32.1 Å². The third-order valence-corrected chi connectivity index (χ3v) is 3.03. The van der Waals surface area contributed by atoms with Crippen LogP contribution in [0.4, 0.5) is 5.82 Å². The van der Waals surface area contributed by atoms with Crippen molar-refractivity contribution in [3.8, 4) is 0 Å². The monoisotopic (exact) mass is 264 g/mol. The van der Waals surface area contributed by atoms with Crippen molar-refractivity contribution in [3.63, 3.8) is 0 Å². The van der Waals surface area contributed by atoms with E-state index in [0.29, 0.717) is 30.7 Å². The Morgan fingerprint density at radius 2 is 2.26 bits per heavy atom. The summed E-state index contributed by atoms with van der Waals surface area (Å²) in [6, 6.07) is 3.85. The third kappa shape index (κ3) is 3.64. The molecular weight excluding hydrogens is 244 g/mol. The van der Waals surface area contributed by atoms with Crippen LogP contribution in [0.3, 0.4) is 0 Å². The molecule has 1 fully saturated rings. The Labute approximate surface area is 113 Å². The highest BCUT2D eigenvalue weighted by Crippen LogP contribution is 2.27. The normalized spacial score (nSPS) is 14.2. The molecule has 1 aliphatic carbocycles. The van der Waals surface area contributed by atoms with Crippen LogP contribution in [0.15, 0.2) is 12.1 Å². The average molecular weight is 264 g/mol. The van der Waals surface area contributed by atoms with Crippen LogP contribution in [0.2, 0.25) is 0 Å². The van der Waals surface area contributed by atoms with Crippen LogP contribution in [0, 0.1) is 0 Å². The number of hydrogen-bond donors (Lipinski definition) is 1. The zero-order valence-corrected chi connectivity index (χ0v) is 11.4. The van der Waals surface area contributed by atoms with E-state index in [-0.39, 0.29) is 5.91 Å². The predicted octanol–water partition coefficient (Wildman–Crippen LogP) is 1.16. The second-order valence-corrected chi connectivity index (χ2v) is 4.56. The fraction of sp³-hybridized carbons (Fsp3) is 0.615. The van der Waals surface area contributed by atoms with Gasteiger partial charge in [0.05, 0.1) is 6.61 Å². The predicted molar refractivity (Wildman–Crippen MR) is 72.1 cm³/mol. The molecule has 0 radical (unpaired) electrons. The number of rotatable bonds is 7. The first-order valence-corrected chi connectivity index (χ1v) is 6.63. The van der Waals surface area contributed by atoms with Gasteiger partial charge in [-0.05, 0) is 31.9 Å². The van der Waals surface area contributed by atoms with Gasteiger partial charge in [-0.15, -0.1) is 10.2 Å². The van der Waals surface area contributed by atoms with Crippen LogP contribution in [-0.4, -0.2) is 53.9 Å². The third-order valence-electron chi connectivity index (χ3n) is 3.03. The molecule has 0 bridgehead atoms. The van der Waals surface area contributed by atoms with Gasteiger partial charge in [0.25, 0.3) is 5.91 Å². The molecule has 1 heterocycles. The molecular formula is C13H20N4O2. The van der Waals surface area contributed by atoms with Crippen LogP contribution >= 0.6 is 0 Å². The molecule has 1 N–H and O–H groups in total. The SMILES string of the molecule is CCNc1ccc(C(=O)N(CCOC)C2CC2)nn1. The van der Waals surface area contributed by atoms with Crippen molar-refractivity contribution in [1.29, 1.82) is 0 Å². The molecule has 0 aromatic carbocycles. The molecule has 1 aromatic rings. The Morgan fingerprint density at radius 1 is 1.47 bits per heavy atom. The molecule has 1 amide bonds. The second kappa shape index (κ2) is 6.47. The van der Waals surface area contributed by atoms with Crippen molar-refractivity contribution < 1.29 is 9.53 Å². The minimum absolute atomic E-state index is 0.0601. The number of carbonyl (C=O) groups is 1. The first-order valence-electron chi connectivity index (χ1n) is 6.63. The largest absolute Gasteiger partial charge is 0.383 e. The van der Waals surface area contributed by atoms with Gasteiger partial charge in [-0.25, -0.2) is 0 Å². The Balaban J connectivity index is 2.03. The molecule has 6 heteroatoms. The van der Waals surface area contributed by atoms with Gasteiger partial charge in [-0.3, -0.25) is 4.79 Å². The van der Waals surface area contributed by atoms with E-state index in [9.17, 15) is 4.79 Å². The van der Waals surface area contributed by atoms with Gasteiger partial charge in [0, 0.05) is 26.2 Å². The second-order valence-electron chi connectivity index (χ2n) is 4.56. The minimum Gasteiger partial charge on any atom is -0.383 e. The van der Waals surface area contributed by atoms with Crippen molar-refractivity contribution in [3.05, 3.63) is 17.8 Å². The summed E-state index contributed by atoms with van der Waals surface area (Å²) in [5.41, 5.74) is 0.393. The van der Waals surface area contributed by atoms with Gasteiger partial charge in [0.1, 0.15) is 5.82 Å². The molecule has 0 saturated heterocycles. The summed E-state index contributed by atoms with van der Waals surface area (Å²) in [6.45, 7) is 3.92. The van der Waals surface area contributed by atoms with Crippen molar-refractivity contribution in [2.24, 2.45) is 0 Å². The number of anilines is 1. The van der Waals surface area contributed by atoms with Gasteiger partial charge in [0.2, 0.25) is 0 Å². The van der Waals surface area contributed by atoms with E-state index in [4.69, 9.17) is 4.74 Å². The lowest BCUT2D eigenvalue weighted by Crippen LogP contribution is -2.36. The molecule has 0 unspecified atom stereocenters. The summed E-state index contributed by atoms with van der Waals surface area (Å²) in [4.78, 5) is 14.2. The minimum atomic E-state index is -0.0601. The summed E-state index contributed by atoms with van der Waals surface area (Å²) in [5, 5.41) is 11.0. The van der Waals surface area contributed by atoms with E-state index < -0.39 is 0 Å². The molecule has 19 heavy (non-hydrogen) atoms. The smallest absolute Gasteiger partial charge is 0.274 e. The molecule has 2 rings (SSSR count). The topological polar surface area (TPSA) is 67.4 Å². The number of amides is 1. The lowest BCUT2D eigenvalue weighted by molar-refractivity contribution is 0.0673. The van der Waals surface area contributed by atoms with Crippen molar-refractivity contribution in [2.45, 2.75) is 25.8 Å². The van der Waals surface area contributed by atoms with E-state index in [0.717, 1.165) is 19.4 Å². The zero-order valence-electron chi connectivity index (χ0n) is 11.4. The maximum Gasteiger partial charge on any atom is 0.274 e. The lowest BCUT2D eigenvalue weighted by Gasteiger charge is -2.21. The number of hydrogen-bond acceptors (Lipinski definition) is 5. The van der Waals surface area contributed by atoms with Gasteiger partial charge in [-0.2, -0.15) is 0 Å². The lowest BCUT2D eigenvalue weighted by atomic mass is 10.3. The highest BCUT2D eigenvalue weighted by molar-refractivity contribution is 5.92. The number of aromatic nitrogens is 2. The quantitative estimate of drug-likeness (QED) is 0.800. The number of carbonyl (C=O) groups excluding carboxylic acids is 1. The molecule has 104 valence electrons. The number of nitrogens with one attached hydrogen (secondary N) is 1. The summed E-state index contributed by atoms with van der Waals surface area (Å²) in [5.74, 6) is 0.629. The average Bonchev–Trinajstić information content (AvgIpc) is 3.25. The first kappa shape index (κ1) is 13.7. The molecule has 0 atom stereocenters. The van der Waals surface area contributed by atoms with E-state index in [1.54, 1.807) is 19.2 Å². The van der Waals surface area contributed by atoms with Crippen molar-refractivity contribution >= 4 is 11.7 Å². The molecule has 1 saturated carbocycles. The van der Waals surface area contributed by atoms with Crippen LogP contribution in [0.1, 0.15) is 30.3 Å². The summed E-state index contributed by atoms with van der Waals surface area (Å²) < 4.78 is 5.05. The number of methoxy groups -OCH3 is 1. The van der Waals surface area contributed by atoms with E-state index >= 15 is 0 Å². The highest BCUT2D eigenvalue weighted by atomic mass is 16.5. The summed E-state index contributed by atoms with van der Waals surface area (Å²) in [7, 11) is 1.64. The molecule has 6 nitrogen and oxygen atoms in total. The van der Waals surface area contributed by atoms with E-state index in [2.05, 4.69) is 15.5 Å². The van der Waals surface area contributed by atoms with Crippen LogP contribution in [-0.2, 0) is 4.74 Å². The highest BCUT2D eigenvalue weighted by Gasteiger charge is 2.33. The fourth-order valence-corrected chi connectivity index (χ4v) is 1.89. The maximum atomic E-state index is 12.3. The number of ether oxygens (including phenoxy) is 1. The van der Waals surface area contributed by atoms with Gasteiger partial charge in [-0.1, -0.05) is 0 Å². The summed E-state index contributed by atoms with van der Waals surface area (Å²) in [6.07, 6.45) is 2.14. The van der Waals surface area contributed by atoms with E-state index in [1.807, 2.05) is 11.8 Å². The Kier molecular flexibility index (Phi) is 4.68.